The highest BCUT2D eigenvalue weighted by Crippen LogP contribution is 2.25. The molecule has 0 aliphatic heterocycles. The number of sulfonamides is 1. The Morgan fingerprint density at radius 3 is 2.65 bits per heavy atom. The Balaban J connectivity index is 1.74. The zero-order chi connectivity index (χ0) is 18.6. The van der Waals surface area contributed by atoms with E-state index in [0.29, 0.717) is 32.9 Å². The van der Waals surface area contributed by atoms with Gasteiger partial charge in [0.05, 0.1) is 17.6 Å². The minimum atomic E-state index is -3.67. The van der Waals surface area contributed by atoms with Crippen LogP contribution in [0.15, 0.2) is 61.1 Å². The van der Waals surface area contributed by atoms with Gasteiger partial charge in [-0.2, -0.15) is 0 Å². The van der Waals surface area contributed by atoms with Crippen LogP contribution in [0, 0.1) is 0 Å². The predicted molar refractivity (Wildman–Crippen MR) is 101 cm³/mol. The summed E-state index contributed by atoms with van der Waals surface area (Å²) in [5.41, 5.74) is 0.812. The van der Waals surface area contributed by atoms with Crippen LogP contribution in [-0.4, -0.2) is 18.4 Å². The van der Waals surface area contributed by atoms with E-state index in [2.05, 4.69) is 14.7 Å². The summed E-state index contributed by atoms with van der Waals surface area (Å²) in [6.45, 7) is 0. The fourth-order valence-electron chi connectivity index (χ4n) is 2.14. The van der Waals surface area contributed by atoms with Gasteiger partial charge in [-0.05, 0) is 29.8 Å². The first-order valence-corrected chi connectivity index (χ1v) is 9.80. The molecular formula is C17H13Cl2N3O3S. The fraction of sp³-hybridized carbons (Fsp3) is 0.0588. The van der Waals surface area contributed by atoms with Gasteiger partial charge in [0, 0.05) is 28.5 Å². The summed E-state index contributed by atoms with van der Waals surface area (Å²) in [6.07, 6.45) is 4.48. The normalized spacial score (nSPS) is 11.2. The molecule has 1 N–H and O–H groups in total. The summed E-state index contributed by atoms with van der Waals surface area (Å²) in [5, 5.41) is 0.737. The maximum absolute atomic E-state index is 12.4. The molecule has 0 spiro atoms. The molecule has 0 atom stereocenters. The molecule has 0 fully saturated rings. The molecule has 0 saturated heterocycles. The lowest BCUT2D eigenvalue weighted by Crippen LogP contribution is -2.15. The molecule has 2 aromatic carbocycles. The van der Waals surface area contributed by atoms with E-state index in [1.165, 1.54) is 24.7 Å². The third kappa shape index (κ3) is 5.08. The number of nitrogens with one attached hydrogen (secondary N) is 1. The lowest BCUT2D eigenvalue weighted by atomic mass is 10.2. The number of nitrogens with zero attached hydrogens (tertiary/aromatic N) is 2. The second kappa shape index (κ2) is 7.90. The molecule has 0 amide bonds. The number of benzene rings is 2. The zero-order valence-electron chi connectivity index (χ0n) is 13.3. The molecule has 0 aliphatic carbocycles. The van der Waals surface area contributed by atoms with Crippen molar-refractivity contribution in [1.82, 2.24) is 9.97 Å². The molecule has 1 heterocycles. The first-order chi connectivity index (χ1) is 12.4. The van der Waals surface area contributed by atoms with E-state index in [0.717, 1.165) is 0 Å². The van der Waals surface area contributed by atoms with E-state index in [1.807, 2.05) is 0 Å². The smallest absolute Gasteiger partial charge is 0.237 e. The highest BCUT2D eigenvalue weighted by atomic mass is 35.5. The van der Waals surface area contributed by atoms with E-state index < -0.39 is 10.0 Å². The second-order valence-electron chi connectivity index (χ2n) is 5.27. The third-order valence-electron chi connectivity index (χ3n) is 3.23. The number of hydrogen-bond donors (Lipinski definition) is 1. The van der Waals surface area contributed by atoms with Gasteiger partial charge in [0.25, 0.3) is 0 Å². The first kappa shape index (κ1) is 18.4. The van der Waals surface area contributed by atoms with E-state index >= 15 is 0 Å². The summed E-state index contributed by atoms with van der Waals surface area (Å²) in [5.74, 6) is 0.453. The van der Waals surface area contributed by atoms with Gasteiger partial charge in [-0.15, -0.1) is 0 Å². The van der Waals surface area contributed by atoms with Crippen molar-refractivity contribution in [3.63, 3.8) is 0 Å². The Kier molecular flexibility index (Phi) is 5.61. The third-order valence-corrected chi connectivity index (χ3v) is 5.05. The van der Waals surface area contributed by atoms with E-state index in [9.17, 15) is 8.42 Å². The molecule has 0 unspecified atom stereocenters. The summed E-state index contributed by atoms with van der Waals surface area (Å²) in [7, 11) is -3.67. The molecule has 134 valence electrons. The van der Waals surface area contributed by atoms with Crippen LogP contribution in [0.5, 0.6) is 11.6 Å². The first-order valence-electron chi connectivity index (χ1n) is 7.40. The lowest BCUT2D eigenvalue weighted by Gasteiger charge is -2.11. The van der Waals surface area contributed by atoms with Crippen LogP contribution in [0.3, 0.4) is 0 Å². The van der Waals surface area contributed by atoms with Gasteiger partial charge in [0.15, 0.2) is 0 Å². The number of anilines is 1. The Morgan fingerprint density at radius 1 is 1.08 bits per heavy atom. The summed E-state index contributed by atoms with van der Waals surface area (Å²) < 4.78 is 32.9. The quantitative estimate of drug-likeness (QED) is 0.646. The fourth-order valence-corrected chi connectivity index (χ4v) is 3.91. The van der Waals surface area contributed by atoms with Gasteiger partial charge >= 0.3 is 0 Å². The van der Waals surface area contributed by atoms with Crippen LogP contribution in [0.2, 0.25) is 10.0 Å². The summed E-state index contributed by atoms with van der Waals surface area (Å²) in [6, 6.07) is 11.2. The molecule has 9 heteroatoms. The number of hydrogen-bond acceptors (Lipinski definition) is 5. The van der Waals surface area contributed by atoms with Crippen molar-refractivity contribution < 1.29 is 13.2 Å². The lowest BCUT2D eigenvalue weighted by molar-refractivity contribution is 0.460. The van der Waals surface area contributed by atoms with Gasteiger partial charge < -0.3 is 4.74 Å². The van der Waals surface area contributed by atoms with E-state index in [1.54, 1.807) is 36.4 Å². The number of ether oxygens (including phenoxy) is 1. The molecule has 0 radical (unpaired) electrons. The Hall–Kier alpha value is -2.35. The topological polar surface area (TPSA) is 81.2 Å². The highest BCUT2D eigenvalue weighted by Gasteiger charge is 2.15. The molecule has 3 rings (SSSR count). The van der Waals surface area contributed by atoms with Gasteiger partial charge in [-0.3, -0.25) is 9.71 Å². The maximum atomic E-state index is 12.4. The molecule has 3 aromatic rings. The van der Waals surface area contributed by atoms with Crippen LogP contribution in [-0.2, 0) is 15.8 Å². The van der Waals surface area contributed by atoms with Gasteiger partial charge in [0.2, 0.25) is 15.9 Å². The molecule has 26 heavy (non-hydrogen) atoms. The van der Waals surface area contributed by atoms with Crippen molar-refractivity contribution in [3.05, 3.63) is 76.7 Å². The monoisotopic (exact) mass is 409 g/mol. The Morgan fingerprint density at radius 2 is 1.92 bits per heavy atom. The number of rotatable bonds is 6. The number of aromatic nitrogens is 2. The highest BCUT2D eigenvalue weighted by molar-refractivity contribution is 7.91. The predicted octanol–water partition coefficient (Wildman–Crippen LogP) is 4.52. The van der Waals surface area contributed by atoms with Crippen LogP contribution in [0.4, 0.5) is 5.69 Å². The van der Waals surface area contributed by atoms with Gasteiger partial charge in [-0.1, -0.05) is 35.3 Å². The van der Waals surface area contributed by atoms with Crippen LogP contribution in [0.25, 0.3) is 0 Å². The molecular weight excluding hydrogens is 397 g/mol. The minimum Gasteiger partial charge on any atom is -0.437 e. The Labute approximate surface area is 160 Å². The van der Waals surface area contributed by atoms with Gasteiger partial charge in [-0.25, -0.2) is 13.4 Å². The minimum absolute atomic E-state index is 0.280. The van der Waals surface area contributed by atoms with Crippen molar-refractivity contribution in [3.8, 4) is 11.6 Å². The van der Waals surface area contributed by atoms with Crippen molar-refractivity contribution in [2.45, 2.75) is 5.75 Å². The molecule has 6 nitrogen and oxygen atoms in total. The molecule has 0 bridgehead atoms. The van der Waals surface area contributed by atoms with Crippen LogP contribution in [0.1, 0.15) is 5.56 Å². The molecule has 0 saturated carbocycles. The van der Waals surface area contributed by atoms with Crippen molar-refractivity contribution in [2.24, 2.45) is 0 Å². The van der Waals surface area contributed by atoms with E-state index in [4.69, 9.17) is 27.9 Å². The van der Waals surface area contributed by atoms with Gasteiger partial charge in [0.1, 0.15) is 5.75 Å². The van der Waals surface area contributed by atoms with Crippen molar-refractivity contribution in [2.75, 3.05) is 4.72 Å². The maximum Gasteiger partial charge on any atom is 0.237 e. The van der Waals surface area contributed by atoms with E-state index in [-0.39, 0.29) is 5.75 Å². The number of halogens is 2. The second-order valence-corrected chi connectivity index (χ2v) is 7.84. The van der Waals surface area contributed by atoms with Crippen LogP contribution >= 0.6 is 23.2 Å². The SMILES string of the molecule is O=S(=O)(Cc1ccc(Cl)cc1Cl)Nc1cccc(Oc2cnccn2)c1. The van der Waals surface area contributed by atoms with Crippen molar-refractivity contribution >= 4 is 38.9 Å². The standard InChI is InChI=1S/C17H13Cl2N3O3S/c18-13-5-4-12(16(19)8-13)11-26(23,24)22-14-2-1-3-15(9-14)25-17-10-20-6-7-21-17/h1-10,22H,11H2. The van der Waals surface area contributed by atoms with Crippen molar-refractivity contribution in [1.29, 1.82) is 0 Å². The summed E-state index contributed by atoms with van der Waals surface area (Å²) >= 11 is 11.9. The average Bonchev–Trinajstić information content (AvgIpc) is 2.58. The average molecular weight is 410 g/mol. The largest absolute Gasteiger partial charge is 0.437 e. The molecule has 0 aliphatic rings. The Bertz CT molecular complexity index is 1010. The van der Waals surface area contributed by atoms with Crippen LogP contribution < -0.4 is 9.46 Å². The zero-order valence-corrected chi connectivity index (χ0v) is 15.6. The molecule has 1 aromatic heterocycles. The summed E-state index contributed by atoms with van der Waals surface area (Å²) in [4.78, 5) is 7.91.